The van der Waals surface area contributed by atoms with Crippen molar-refractivity contribution in [2.45, 2.75) is 5.50 Å². The van der Waals surface area contributed by atoms with Gasteiger partial charge >= 0.3 is 0 Å². The molecule has 0 bridgehead atoms. The van der Waals surface area contributed by atoms with Crippen LogP contribution in [0.4, 0.5) is 5.82 Å². The number of thioether (sulfide) groups is 1. The van der Waals surface area contributed by atoms with E-state index in [2.05, 4.69) is 16.0 Å². The van der Waals surface area contributed by atoms with Crippen molar-refractivity contribution in [1.82, 2.24) is 9.88 Å². The quantitative estimate of drug-likeness (QED) is 0.649. The molecule has 1 unspecified atom stereocenters. The Balaban J connectivity index is 2.00. The van der Waals surface area contributed by atoms with Crippen LogP contribution in [0.15, 0.2) is 17.1 Å². The summed E-state index contributed by atoms with van der Waals surface area (Å²) in [6, 6.07) is 3.63. The van der Waals surface area contributed by atoms with Crippen molar-refractivity contribution in [2.75, 3.05) is 58.7 Å². The summed E-state index contributed by atoms with van der Waals surface area (Å²) in [5.74, 6) is 1.74. The zero-order valence-electron chi connectivity index (χ0n) is 17.8. The standard InChI is InChI=1S/C21H24Cl2N4O3S/c1-26-11-12-9-13(16-17(22)14(28-2)10-15(29-3)18(16)23)24-20(19(12)25-21(26)31-4)27-5-7-30-8-6-27/h9-11,21H,5-8H2,1-4H3. The number of hydrogen-bond donors (Lipinski definition) is 0. The summed E-state index contributed by atoms with van der Waals surface area (Å²) in [5, 5.41) is 2.59. The summed E-state index contributed by atoms with van der Waals surface area (Å²) in [6.07, 6.45) is 4.12. The lowest BCUT2D eigenvalue weighted by molar-refractivity contribution is 0.122. The second-order valence-electron chi connectivity index (χ2n) is 7.14. The van der Waals surface area contributed by atoms with Crippen LogP contribution >= 0.6 is 35.0 Å². The molecule has 1 atom stereocenters. The van der Waals surface area contributed by atoms with Crippen LogP contribution in [0.25, 0.3) is 17.5 Å². The van der Waals surface area contributed by atoms with Gasteiger partial charge in [0.25, 0.3) is 0 Å². The van der Waals surface area contributed by atoms with Crippen LogP contribution in [0.2, 0.25) is 10.0 Å². The minimum atomic E-state index is -0.0102. The lowest BCUT2D eigenvalue weighted by Gasteiger charge is -2.30. The maximum atomic E-state index is 6.69. The van der Waals surface area contributed by atoms with Gasteiger partial charge in [0.05, 0.1) is 43.2 Å². The number of halogens is 2. The monoisotopic (exact) mass is 482 g/mol. The largest absolute Gasteiger partial charge is 0.495 e. The third kappa shape index (κ3) is 4.14. The predicted octanol–water partition coefficient (Wildman–Crippen LogP) is 2.86. The second-order valence-corrected chi connectivity index (χ2v) is 8.79. The van der Waals surface area contributed by atoms with Gasteiger partial charge in [-0.25, -0.2) is 9.98 Å². The molecule has 31 heavy (non-hydrogen) atoms. The number of hydrogen-bond acceptors (Lipinski definition) is 8. The number of benzene rings is 1. The Bertz CT molecular complexity index is 1080. The Morgan fingerprint density at radius 3 is 2.32 bits per heavy atom. The molecule has 0 spiro atoms. The van der Waals surface area contributed by atoms with Crippen LogP contribution in [-0.2, 0) is 4.74 Å². The van der Waals surface area contributed by atoms with E-state index in [1.165, 1.54) is 0 Å². The molecule has 1 fully saturated rings. The lowest BCUT2D eigenvalue weighted by atomic mass is 10.1. The zero-order valence-corrected chi connectivity index (χ0v) is 20.1. The van der Waals surface area contributed by atoms with E-state index < -0.39 is 0 Å². The van der Waals surface area contributed by atoms with Gasteiger partial charge in [0, 0.05) is 43.2 Å². The number of pyridine rings is 1. The van der Waals surface area contributed by atoms with E-state index in [1.807, 2.05) is 19.4 Å². The summed E-state index contributed by atoms with van der Waals surface area (Å²) in [5.41, 5.74) is 1.19. The highest BCUT2D eigenvalue weighted by molar-refractivity contribution is 7.99. The van der Waals surface area contributed by atoms with Crippen molar-refractivity contribution < 1.29 is 14.2 Å². The Hall–Kier alpha value is -1.87. The fourth-order valence-corrected chi connectivity index (χ4v) is 5.01. The van der Waals surface area contributed by atoms with Gasteiger partial charge in [0.1, 0.15) is 16.9 Å². The van der Waals surface area contributed by atoms with Crippen molar-refractivity contribution in [1.29, 1.82) is 0 Å². The molecule has 1 aromatic heterocycles. The van der Waals surface area contributed by atoms with Gasteiger partial charge < -0.3 is 24.0 Å². The number of rotatable bonds is 5. The predicted molar refractivity (Wildman–Crippen MR) is 126 cm³/mol. The Morgan fingerprint density at radius 2 is 1.74 bits per heavy atom. The third-order valence-corrected chi connectivity index (χ3v) is 6.90. The molecular formula is C21H24Cl2N4O3S. The first-order valence-corrected chi connectivity index (χ1v) is 11.8. The van der Waals surface area contributed by atoms with Gasteiger partial charge in [-0.15, -0.1) is 11.8 Å². The summed E-state index contributed by atoms with van der Waals surface area (Å²) in [7, 11) is 5.13. The van der Waals surface area contributed by atoms with Crippen molar-refractivity contribution in [3.8, 4) is 22.8 Å². The molecule has 0 saturated carbocycles. The Labute approximate surface area is 195 Å². The van der Waals surface area contributed by atoms with Crippen LogP contribution < -0.4 is 24.9 Å². The van der Waals surface area contributed by atoms with Gasteiger partial charge in [0.15, 0.2) is 11.3 Å². The first kappa shape index (κ1) is 22.3. The van der Waals surface area contributed by atoms with Crippen LogP contribution in [0.1, 0.15) is 0 Å². The zero-order chi connectivity index (χ0) is 22.1. The number of aromatic nitrogens is 1. The molecule has 2 aliphatic rings. The van der Waals surface area contributed by atoms with Crippen molar-refractivity contribution in [3.63, 3.8) is 0 Å². The molecular weight excluding hydrogens is 459 g/mol. The van der Waals surface area contributed by atoms with E-state index in [4.69, 9.17) is 47.4 Å². The summed E-state index contributed by atoms with van der Waals surface area (Å²) >= 11 is 15.0. The van der Waals surface area contributed by atoms with E-state index in [9.17, 15) is 0 Å². The fourth-order valence-electron chi connectivity index (χ4n) is 3.71. The average molecular weight is 483 g/mol. The first-order chi connectivity index (χ1) is 15.0. The first-order valence-electron chi connectivity index (χ1n) is 9.77. The van der Waals surface area contributed by atoms with Crippen LogP contribution in [0.5, 0.6) is 11.5 Å². The number of fused-ring (bicyclic) bond motifs is 1. The normalized spacial score (nSPS) is 18.2. The molecule has 0 radical (unpaired) electrons. The van der Waals surface area contributed by atoms with Crippen molar-refractivity contribution in [2.24, 2.45) is 4.99 Å². The van der Waals surface area contributed by atoms with E-state index in [1.54, 1.807) is 32.0 Å². The molecule has 4 rings (SSSR count). The minimum absolute atomic E-state index is 0.0102. The van der Waals surface area contributed by atoms with E-state index in [0.717, 1.165) is 29.5 Å². The summed E-state index contributed by atoms with van der Waals surface area (Å²) in [4.78, 5) is 14.2. The van der Waals surface area contributed by atoms with Gasteiger partial charge in [0.2, 0.25) is 0 Å². The number of anilines is 1. The molecule has 3 heterocycles. The molecule has 0 amide bonds. The summed E-state index contributed by atoms with van der Waals surface area (Å²) in [6.45, 7) is 2.76. The summed E-state index contributed by atoms with van der Waals surface area (Å²) < 4.78 is 16.4. The highest BCUT2D eigenvalue weighted by Gasteiger charge is 2.24. The topological polar surface area (TPSA) is 59.4 Å². The Morgan fingerprint density at radius 1 is 1.10 bits per heavy atom. The highest BCUT2D eigenvalue weighted by atomic mass is 35.5. The van der Waals surface area contributed by atoms with E-state index in [0.29, 0.717) is 46.0 Å². The molecule has 2 aliphatic heterocycles. The molecule has 1 saturated heterocycles. The third-order valence-electron chi connectivity index (χ3n) is 5.29. The number of nitrogens with zero attached hydrogens (tertiary/aromatic N) is 4. The fraction of sp³-hybridized carbons (Fsp3) is 0.429. The molecule has 2 aromatic rings. The number of methoxy groups -OCH3 is 2. The van der Waals surface area contributed by atoms with E-state index >= 15 is 0 Å². The maximum absolute atomic E-state index is 6.69. The van der Waals surface area contributed by atoms with Crippen LogP contribution in [-0.4, -0.2) is 69.2 Å². The molecule has 7 nitrogen and oxygen atoms in total. The smallest absolute Gasteiger partial charge is 0.168 e. The van der Waals surface area contributed by atoms with Gasteiger partial charge in [-0.3, -0.25) is 0 Å². The molecule has 166 valence electrons. The molecule has 10 heteroatoms. The van der Waals surface area contributed by atoms with E-state index in [-0.39, 0.29) is 5.50 Å². The maximum Gasteiger partial charge on any atom is 0.168 e. The van der Waals surface area contributed by atoms with Gasteiger partial charge in [-0.2, -0.15) is 0 Å². The van der Waals surface area contributed by atoms with Crippen molar-refractivity contribution in [3.05, 3.63) is 32.8 Å². The van der Waals surface area contributed by atoms with Gasteiger partial charge in [-0.1, -0.05) is 23.2 Å². The number of ether oxygens (including phenoxy) is 3. The van der Waals surface area contributed by atoms with Crippen molar-refractivity contribution >= 4 is 47.0 Å². The second kappa shape index (κ2) is 9.32. The highest BCUT2D eigenvalue weighted by Crippen LogP contribution is 2.45. The molecule has 0 N–H and O–H groups in total. The number of morpholine rings is 1. The SMILES string of the molecule is COc1cc(OC)c(Cl)c(-c2cc3c(c(N4CCOCC4)n2)=NC(SC)N(C)C=3)c1Cl. The van der Waals surface area contributed by atoms with Crippen LogP contribution in [0, 0.1) is 0 Å². The average Bonchev–Trinajstić information content (AvgIpc) is 2.79. The van der Waals surface area contributed by atoms with Crippen LogP contribution in [0.3, 0.4) is 0 Å². The van der Waals surface area contributed by atoms with Gasteiger partial charge in [-0.05, 0) is 12.3 Å². The molecule has 1 aromatic carbocycles. The molecule has 0 aliphatic carbocycles. The minimum Gasteiger partial charge on any atom is -0.495 e. The Kier molecular flexibility index (Phi) is 6.71. The lowest BCUT2D eigenvalue weighted by Crippen LogP contribution is -2.46.